The summed E-state index contributed by atoms with van der Waals surface area (Å²) in [6.07, 6.45) is 2.09. The van der Waals surface area contributed by atoms with Crippen LogP contribution in [0, 0.1) is 10.1 Å². The first-order valence-corrected chi connectivity index (χ1v) is 9.60. The van der Waals surface area contributed by atoms with Crippen LogP contribution in [0.1, 0.15) is 12.0 Å². The number of aryl methyl sites for hydroxylation is 1. The largest absolute Gasteiger partial charge is 0.368 e. The lowest BCUT2D eigenvalue weighted by Crippen LogP contribution is -2.51. The van der Waals surface area contributed by atoms with Crippen molar-refractivity contribution in [2.24, 2.45) is 0 Å². The maximum atomic E-state index is 10.8. The van der Waals surface area contributed by atoms with Crippen LogP contribution in [0.5, 0.6) is 0 Å². The van der Waals surface area contributed by atoms with E-state index in [4.69, 9.17) is 12.2 Å². The summed E-state index contributed by atoms with van der Waals surface area (Å²) in [6, 6.07) is 17.2. The first-order valence-electron chi connectivity index (χ1n) is 9.19. The third-order valence-electron chi connectivity index (χ3n) is 4.75. The number of anilines is 1. The quantitative estimate of drug-likeness (QED) is 0.357. The molecule has 1 heterocycles. The van der Waals surface area contributed by atoms with Gasteiger partial charge in [0.25, 0.3) is 5.69 Å². The lowest BCUT2D eigenvalue weighted by Gasteiger charge is -2.37. The van der Waals surface area contributed by atoms with Gasteiger partial charge in [-0.1, -0.05) is 30.3 Å². The molecule has 2 aromatic rings. The van der Waals surface area contributed by atoms with Crippen molar-refractivity contribution in [2.75, 3.05) is 37.6 Å². The Morgan fingerprint density at radius 3 is 2.33 bits per heavy atom. The maximum Gasteiger partial charge on any atom is 0.269 e. The lowest BCUT2D eigenvalue weighted by atomic mass is 10.1. The molecule has 0 spiro atoms. The van der Waals surface area contributed by atoms with Gasteiger partial charge in [0.15, 0.2) is 5.11 Å². The molecule has 0 aliphatic carbocycles. The van der Waals surface area contributed by atoms with E-state index in [-0.39, 0.29) is 10.6 Å². The highest BCUT2D eigenvalue weighted by atomic mass is 32.1. The normalized spacial score (nSPS) is 14.1. The molecule has 1 aliphatic heterocycles. The van der Waals surface area contributed by atoms with E-state index in [1.807, 2.05) is 18.2 Å². The van der Waals surface area contributed by atoms with Crippen molar-refractivity contribution in [3.63, 3.8) is 0 Å². The van der Waals surface area contributed by atoms with E-state index in [1.54, 1.807) is 12.1 Å². The Kier molecular flexibility index (Phi) is 6.59. The molecule has 0 aromatic heterocycles. The molecule has 0 radical (unpaired) electrons. The van der Waals surface area contributed by atoms with Crippen molar-refractivity contribution in [1.29, 1.82) is 0 Å². The summed E-state index contributed by atoms with van der Waals surface area (Å²) in [5.41, 5.74) is 2.49. The Bertz CT molecular complexity index is 759. The summed E-state index contributed by atoms with van der Waals surface area (Å²) in [6.45, 7) is 4.27. The molecule has 27 heavy (non-hydrogen) atoms. The summed E-state index contributed by atoms with van der Waals surface area (Å²) in [5, 5.41) is 14.9. The zero-order valence-corrected chi connectivity index (χ0v) is 16.0. The molecule has 1 fully saturated rings. The van der Waals surface area contributed by atoms with Crippen LogP contribution in [-0.2, 0) is 6.42 Å². The molecule has 0 bridgehead atoms. The number of nitro groups is 1. The fourth-order valence-electron chi connectivity index (χ4n) is 3.20. The minimum atomic E-state index is -0.371. The zero-order valence-electron chi connectivity index (χ0n) is 15.2. The highest BCUT2D eigenvalue weighted by molar-refractivity contribution is 7.80. The molecular formula is C20H24N4O2S. The third-order valence-corrected chi connectivity index (χ3v) is 5.16. The second kappa shape index (κ2) is 9.32. The smallest absolute Gasteiger partial charge is 0.269 e. The molecule has 1 N–H and O–H groups in total. The summed E-state index contributed by atoms with van der Waals surface area (Å²) < 4.78 is 0. The van der Waals surface area contributed by atoms with Crippen LogP contribution in [-0.4, -0.2) is 47.7 Å². The van der Waals surface area contributed by atoms with Crippen LogP contribution in [0.2, 0.25) is 0 Å². The molecule has 1 aliphatic rings. The molecule has 0 saturated carbocycles. The molecule has 0 amide bonds. The van der Waals surface area contributed by atoms with Gasteiger partial charge in [0.1, 0.15) is 0 Å². The van der Waals surface area contributed by atoms with E-state index in [0.29, 0.717) is 0 Å². The van der Waals surface area contributed by atoms with E-state index in [0.717, 1.165) is 56.4 Å². The van der Waals surface area contributed by atoms with Gasteiger partial charge >= 0.3 is 0 Å². The number of rotatable bonds is 6. The van der Waals surface area contributed by atoms with Crippen molar-refractivity contribution in [1.82, 2.24) is 10.2 Å². The van der Waals surface area contributed by atoms with Gasteiger partial charge in [-0.2, -0.15) is 0 Å². The van der Waals surface area contributed by atoms with Gasteiger partial charge in [-0.15, -0.1) is 0 Å². The SMILES string of the molecule is O=[N+]([O-])c1ccc(N2CCN(C(=S)NCCCc3ccccc3)CC2)cc1. The summed E-state index contributed by atoms with van der Waals surface area (Å²) in [4.78, 5) is 14.8. The molecule has 6 nitrogen and oxygen atoms in total. The number of nitro benzene ring substituents is 1. The fraction of sp³-hybridized carbons (Fsp3) is 0.350. The number of thiocarbonyl (C=S) groups is 1. The monoisotopic (exact) mass is 384 g/mol. The molecule has 7 heteroatoms. The summed E-state index contributed by atoms with van der Waals surface area (Å²) >= 11 is 5.53. The van der Waals surface area contributed by atoms with Crippen LogP contribution in [0.3, 0.4) is 0 Å². The number of non-ortho nitro benzene ring substituents is 1. The third kappa shape index (κ3) is 5.40. The van der Waals surface area contributed by atoms with Crippen LogP contribution in [0.15, 0.2) is 54.6 Å². The molecule has 1 saturated heterocycles. The maximum absolute atomic E-state index is 10.8. The Balaban J connectivity index is 1.39. The topological polar surface area (TPSA) is 61.7 Å². The Hall–Kier alpha value is -2.67. The van der Waals surface area contributed by atoms with Crippen molar-refractivity contribution in [3.05, 3.63) is 70.3 Å². The fourth-order valence-corrected chi connectivity index (χ4v) is 3.48. The lowest BCUT2D eigenvalue weighted by molar-refractivity contribution is -0.384. The number of nitrogens with one attached hydrogen (secondary N) is 1. The van der Waals surface area contributed by atoms with Crippen LogP contribution in [0.4, 0.5) is 11.4 Å². The average Bonchev–Trinajstić information content (AvgIpc) is 2.72. The van der Waals surface area contributed by atoms with Gasteiger partial charge in [0, 0.05) is 50.5 Å². The van der Waals surface area contributed by atoms with Gasteiger partial charge in [-0.3, -0.25) is 10.1 Å². The van der Waals surface area contributed by atoms with Crippen molar-refractivity contribution in [3.8, 4) is 0 Å². The predicted octanol–water partition coefficient (Wildman–Crippen LogP) is 3.22. The minimum Gasteiger partial charge on any atom is -0.368 e. The standard InChI is InChI=1S/C20H24N4O2S/c25-24(26)19-10-8-18(9-11-19)22-13-15-23(16-14-22)20(27)21-12-4-7-17-5-2-1-3-6-17/h1-3,5-6,8-11H,4,7,12-16H2,(H,21,27). The molecule has 142 valence electrons. The summed E-state index contributed by atoms with van der Waals surface area (Å²) in [5.74, 6) is 0. The average molecular weight is 385 g/mol. The van der Waals surface area contributed by atoms with Crippen LogP contribution < -0.4 is 10.2 Å². The molecule has 2 aromatic carbocycles. The molecule has 3 rings (SSSR count). The van der Waals surface area contributed by atoms with Gasteiger partial charge in [0.05, 0.1) is 4.92 Å². The second-order valence-electron chi connectivity index (χ2n) is 6.57. The van der Waals surface area contributed by atoms with Crippen molar-refractivity contribution in [2.45, 2.75) is 12.8 Å². The van der Waals surface area contributed by atoms with Crippen LogP contribution in [0.25, 0.3) is 0 Å². The van der Waals surface area contributed by atoms with E-state index in [1.165, 1.54) is 5.56 Å². The van der Waals surface area contributed by atoms with E-state index < -0.39 is 0 Å². The highest BCUT2D eigenvalue weighted by Crippen LogP contribution is 2.20. The van der Waals surface area contributed by atoms with Crippen LogP contribution >= 0.6 is 12.2 Å². The Morgan fingerprint density at radius 1 is 1.04 bits per heavy atom. The van der Waals surface area contributed by atoms with Gasteiger partial charge < -0.3 is 15.1 Å². The van der Waals surface area contributed by atoms with Crippen molar-refractivity contribution < 1.29 is 4.92 Å². The minimum absolute atomic E-state index is 0.123. The molecule has 0 atom stereocenters. The molecule has 0 unspecified atom stereocenters. The van der Waals surface area contributed by atoms with E-state index >= 15 is 0 Å². The first kappa shape index (κ1) is 19.1. The predicted molar refractivity (Wildman–Crippen MR) is 112 cm³/mol. The van der Waals surface area contributed by atoms with Crippen molar-refractivity contribution >= 4 is 28.7 Å². The Morgan fingerprint density at radius 2 is 1.70 bits per heavy atom. The highest BCUT2D eigenvalue weighted by Gasteiger charge is 2.19. The number of piperazine rings is 1. The molecular weight excluding hydrogens is 360 g/mol. The van der Waals surface area contributed by atoms with Gasteiger partial charge in [0.2, 0.25) is 0 Å². The number of benzene rings is 2. The first-order chi connectivity index (χ1) is 13.1. The van der Waals surface area contributed by atoms with E-state index in [2.05, 4.69) is 39.4 Å². The number of nitrogens with zero attached hydrogens (tertiary/aromatic N) is 3. The number of hydrogen-bond donors (Lipinski definition) is 1. The zero-order chi connectivity index (χ0) is 19.1. The van der Waals surface area contributed by atoms with Gasteiger partial charge in [-0.05, 0) is 42.8 Å². The Labute approximate surface area is 164 Å². The van der Waals surface area contributed by atoms with E-state index in [9.17, 15) is 10.1 Å². The number of hydrogen-bond acceptors (Lipinski definition) is 4. The second-order valence-corrected chi connectivity index (χ2v) is 6.96. The summed E-state index contributed by atoms with van der Waals surface area (Å²) in [7, 11) is 0. The van der Waals surface area contributed by atoms with Gasteiger partial charge in [-0.25, -0.2) is 0 Å².